The molecule has 0 saturated heterocycles. The number of phenols is 1. The van der Waals surface area contributed by atoms with E-state index >= 15 is 0 Å². The zero-order valence-electron chi connectivity index (χ0n) is 14.5. The van der Waals surface area contributed by atoms with Crippen molar-refractivity contribution in [2.24, 2.45) is 9.98 Å². The molecule has 0 bridgehead atoms. The van der Waals surface area contributed by atoms with Crippen LogP contribution in [0.4, 0.5) is 0 Å². The van der Waals surface area contributed by atoms with Crippen LogP contribution in [0.1, 0.15) is 36.8 Å². The van der Waals surface area contributed by atoms with Crippen LogP contribution in [0.15, 0.2) is 58.5 Å². The predicted molar refractivity (Wildman–Crippen MR) is 102 cm³/mol. The number of methoxy groups -OCH3 is 1. The minimum absolute atomic E-state index is 0.152. The van der Waals surface area contributed by atoms with Gasteiger partial charge in [-0.05, 0) is 37.1 Å². The van der Waals surface area contributed by atoms with Crippen molar-refractivity contribution in [3.05, 3.63) is 59.7 Å². The molecule has 0 aliphatic heterocycles. The molecule has 130 valence electrons. The summed E-state index contributed by atoms with van der Waals surface area (Å²) in [4.78, 5) is 9.52. The van der Waals surface area contributed by atoms with E-state index in [0.29, 0.717) is 0 Å². The summed E-state index contributed by atoms with van der Waals surface area (Å²) in [7, 11) is 1.67. The minimum atomic E-state index is 0.152. The van der Waals surface area contributed by atoms with Gasteiger partial charge in [0.05, 0.1) is 19.2 Å². The second-order valence-electron chi connectivity index (χ2n) is 6.28. The maximum atomic E-state index is 9.88. The fraction of sp³-hybridized carbons (Fsp3) is 0.333. The number of hydrogen-bond donors (Lipinski definition) is 1. The number of nitrogens with zero attached hydrogens (tertiary/aromatic N) is 2. The Hall–Kier alpha value is -2.62. The molecule has 2 unspecified atom stereocenters. The van der Waals surface area contributed by atoms with E-state index in [9.17, 15) is 5.11 Å². The van der Waals surface area contributed by atoms with E-state index in [2.05, 4.69) is 0 Å². The average Bonchev–Trinajstić information content (AvgIpc) is 2.66. The van der Waals surface area contributed by atoms with Crippen LogP contribution in [-0.2, 0) is 0 Å². The van der Waals surface area contributed by atoms with E-state index in [-0.39, 0.29) is 17.8 Å². The Bertz CT molecular complexity index is 755. The third kappa shape index (κ3) is 4.47. The Morgan fingerprint density at radius 1 is 0.880 bits per heavy atom. The fourth-order valence-corrected chi connectivity index (χ4v) is 3.16. The quantitative estimate of drug-likeness (QED) is 0.830. The molecule has 1 aliphatic carbocycles. The molecule has 1 N–H and O–H groups in total. The number of benzene rings is 2. The topological polar surface area (TPSA) is 54.2 Å². The van der Waals surface area contributed by atoms with Gasteiger partial charge in [-0.2, -0.15) is 0 Å². The van der Waals surface area contributed by atoms with Gasteiger partial charge in [-0.1, -0.05) is 37.1 Å². The van der Waals surface area contributed by atoms with Crippen molar-refractivity contribution >= 4 is 12.4 Å². The lowest BCUT2D eigenvalue weighted by molar-refractivity contribution is 0.389. The van der Waals surface area contributed by atoms with E-state index < -0.39 is 0 Å². The lowest BCUT2D eigenvalue weighted by Crippen LogP contribution is -2.27. The highest BCUT2D eigenvalue weighted by molar-refractivity contribution is 5.84. The van der Waals surface area contributed by atoms with Crippen LogP contribution < -0.4 is 4.74 Å². The summed E-state index contributed by atoms with van der Waals surface area (Å²) in [5.74, 6) is 1.09. The molecule has 2 aromatic rings. The summed E-state index contributed by atoms with van der Waals surface area (Å²) < 4.78 is 5.38. The molecule has 0 aromatic heterocycles. The first-order valence-corrected chi connectivity index (χ1v) is 8.75. The van der Waals surface area contributed by atoms with Crippen LogP contribution in [-0.4, -0.2) is 36.7 Å². The normalized spacial score (nSPS) is 21.0. The summed E-state index contributed by atoms with van der Waals surface area (Å²) in [6, 6.07) is 15.5. The van der Waals surface area contributed by atoms with Gasteiger partial charge in [0.25, 0.3) is 0 Å². The van der Waals surface area contributed by atoms with E-state index in [1.165, 1.54) is 12.8 Å². The minimum Gasteiger partial charge on any atom is -0.507 e. The molecule has 1 saturated carbocycles. The second-order valence-corrected chi connectivity index (χ2v) is 6.28. The largest absolute Gasteiger partial charge is 0.507 e. The van der Waals surface area contributed by atoms with Crippen LogP contribution in [0.3, 0.4) is 0 Å². The maximum absolute atomic E-state index is 9.88. The number of ether oxygens (including phenoxy) is 1. The number of aliphatic imine (C=N–C) groups is 2. The molecule has 2 atom stereocenters. The number of aromatic hydroxyl groups is 1. The molecule has 4 heteroatoms. The molecule has 4 nitrogen and oxygen atoms in total. The number of phenolic OH excluding ortho intramolecular Hbond substituents is 1. The molecule has 0 radical (unpaired) electrons. The predicted octanol–water partition coefficient (Wildman–Crippen LogP) is 4.25. The van der Waals surface area contributed by atoms with Crippen LogP contribution >= 0.6 is 0 Å². The van der Waals surface area contributed by atoms with Crippen molar-refractivity contribution in [1.82, 2.24) is 0 Å². The molecule has 2 aromatic carbocycles. The molecule has 0 amide bonds. The molecule has 0 spiro atoms. The van der Waals surface area contributed by atoms with Gasteiger partial charge in [-0.15, -0.1) is 0 Å². The van der Waals surface area contributed by atoms with Crippen molar-refractivity contribution < 1.29 is 9.84 Å². The molecule has 25 heavy (non-hydrogen) atoms. The van der Waals surface area contributed by atoms with E-state index in [0.717, 1.165) is 29.7 Å². The lowest BCUT2D eigenvalue weighted by Gasteiger charge is -2.25. The zero-order chi connectivity index (χ0) is 17.5. The Morgan fingerprint density at radius 3 is 2.08 bits per heavy atom. The monoisotopic (exact) mass is 336 g/mol. The first-order valence-electron chi connectivity index (χ1n) is 8.75. The van der Waals surface area contributed by atoms with Crippen molar-refractivity contribution in [2.75, 3.05) is 7.11 Å². The summed E-state index contributed by atoms with van der Waals surface area (Å²) >= 11 is 0. The highest BCUT2D eigenvalue weighted by Crippen LogP contribution is 2.25. The SMILES string of the molecule is COc1ccccc1C=NC1CCCCC1N=Cc1ccccc1O. The standard InChI is InChI=1S/C21H24N2O2/c1-25-21-13-7-3-9-17(21)15-23-19-11-5-4-10-18(19)22-14-16-8-2-6-12-20(16)24/h2-3,6-9,12-15,18-19,24H,4-5,10-11H2,1H3. The van der Waals surface area contributed by atoms with Gasteiger partial charge in [-0.3, -0.25) is 9.98 Å². The second kappa shape index (κ2) is 8.47. The first-order chi connectivity index (χ1) is 12.3. The van der Waals surface area contributed by atoms with Crippen LogP contribution in [0.25, 0.3) is 0 Å². The van der Waals surface area contributed by atoms with Crippen molar-refractivity contribution in [3.8, 4) is 11.5 Å². The Morgan fingerprint density at radius 2 is 1.44 bits per heavy atom. The molecule has 1 fully saturated rings. The fourth-order valence-electron chi connectivity index (χ4n) is 3.16. The molecule has 1 aliphatic rings. The summed E-state index contributed by atoms with van der Waals surface area (Å²) in [6.45, 7) is 0. The van der Waals surface area contributed by atoms with Gasteiger partial charge >= 0.3 is 0 Å². The summed E-state index contributed by atoms with van der Waals surface area (Å²) in [5.41, 5.74) is 1.74. The van der Waals surface area contributed by atoms with E-state index in [1.54, 1.807) is 19.4 Å². The van der Waals surface area contributed by atoms with Crippen LogP contribution in [0.5, 0.6) is 11.5 Å². The highest BCUT2D eigenvalue weighted by atomic mass is 16.5. The smallest absolute Gasteiger partial charge is 0.127 e. The molecule has 3 rings (SSSR count). The summed E-state index contributed by atoms with van der Waals surface area (Å²) in [5, 5.41) is 9.88. The molecular formula is C21H24N2O2. The van der Waals surface area contributed by atoms with E-state index in [4.69, 9.17) is 14.7 Å². The Balaban J connectivity index is 1.75. The Kier molecular flexibility index (Phi) is 5.83. The van der Waals surface area contributed by atoms with Gasteiger partial charge in [-0.25, -0.2) is 0 Å². The number of rotatable bonds is 5. The van der Waals surface area contributed by atoms with Crippen molar-refractivity contribution in [2.45, 2.75) is 37.8 Å². The zero-order valence-corrected chi connectivity index (χ0v) is 14.5. The first kappa shape index (κ1) is 17.2. The van der Waals surface area contributed by atoms with Gasteiger partial charge in [0.1, 0.15) is 11.5 Å². The van der Waals surface area contributed by atoms with Crippen LogP contribution in [0.2, 0.25) is 0 Å². The van der Waals surface area contributed by atoms with Crippen LogP contribution in [0, 0.1) is 0 Å². The molecule has 0 heterocycles. The van der Waals surface area contributed by atoms with Gasteiger partial charge in [0.15, 0.2) is 0 Å². The van der Waals surface area contributed by atoms with Gasteiger partial charge < -0.3 is 9.84 Å². The lowest BCUT2D eigenvalue weighted by atomic mass is 9.91. The third-order valence-electron chi connectivity index (χ3n) is 4.58. The summed E-state index contributed by atoms with van der Waals surface area (Å²) in [6.07, 6.45) is 8.08. The van der Waals surface area contributed by atoms with Gasteiger partial charge in [0.2, 0.25) is 0 Å². The van der Waals surface area contributed by atoms with E-state index in [1.807, 2.05) is 48.7 Å². The van der Waals surface area contributed by atoms with Crippen molar-refractivity contribution in [3.63, 3.8) is 0 Å². The Labute approximate surface area is 148 Å². The average molecular weight is 336 g/mol. The van der Waals surface area contributed by atoms with Crippen molar-refractivity contribution in [1.29, 1.82) is 0 Å². The maximum Gasteiger partial charge on any atom is 0.127 e. The third-order valence-corrected chi connectivity index (χ3v) is 4.58. The van der Waals surface area contributed by atoms with Gasteiger partial charge in [0, 0.05) is 23.6 Å². The molecular weight excluding hydrogens is 312 g/mol. The highest BCUT2D eigenvalue weighted by Gasteiger charge is 2.23. The number of hydrogen-bond acceptors (Lipinski definition) is 4. The number of para-hydroxylation sites is 2.